The lowest BCUT2D eigenvalue weighted by atomic mass is 9.96. The molecule has 0 bridgehead atoms. The van der Waals surface area contributed by atoms with Gasteiger partial charge in [0.2, 0.25) is 0 Å². The molecule has 0 radical (unpaired) electrons. The van der Waals surface area contributed by atoms with Crippen molar-refractivity contribution in [3.05, 3.63) is 41.3 Å². The quantitative estimate of drug-likeness (QED) is 0.808. The molecule has 0 spiro atoms. The number of carbonyl (C=O) groups excluding carboxylic acids is 1. The third-order valence-electron chi connectivity index (χ3n) is 3.09. The molecular formula is C16H21N3O3. The second-order valence-electron chi connectivity index (χ2n) is 6.32. The normalized spacial score (nSPS) is 13.0. The Kier molecular flexibility index (Phi) is 4.59. The maximum atomic E-state index is 11.9. The van der Waals surface area contributed by atoms with Crippen LogP contribution in [0.3, 0.4) is 0 Å². The molecule has 2 heterocycles. The van der Waals surface area contributed by atoms with Crippen LogP contribution in [0.1, 0.15) is 56.8 Å². The highest BCUT2D eigenvalue weighted by atomic mass is 16.6. The van der Waals surface area contributed by atoms with E-state index >= 15 is 0 Å². The molecule has 1 atom stereocenters. The summed E-state index contributed by atoms with van der Waals surface area (Å²) in [5.41, 5.74) is 1.51. The van der Waals surface area contributed by atoms with Gasteiger partial charge >= 0.3 is 5.97 Å². The molecule has 118 valence electrons. The molecule has 0 saturated carbocycles. The highest BCUT2D eigenvalue weighted by Crippen LogP contribution is 2.22. The van der Waals surface area contributed by atoms with Crippen LogP contribution in [0.2, 0.25) is 0 Å². The molecule has 0 fully saturated rings. The molecule has 0 aliphatic rings. The molecule has 0 aliphatic heterocycles. The first kappa shape index (κ1) is 16.1. The van der Waals surface area contributed by atoms with Gasteiger partial charge < -0.3 is 9.26 Å². The first-order valence-electron chi connectivity index (χ1n) is 7.21. The number of hydrogen-bond acceptors (Lipinski definition) is 6. The van der Waals surface area contributed by atoms with Gasteiger partial charge in [0.25, 0.3) is 5.89 Å². The van der Waals surface area contributed by atoms with E-state index in [4.69, 9.17) is 9.26 Å². The van der Waals surface area contributed by atoms with Gasteiger partial charge in [0.05, 0.1) is 6.42 Å². The Morgan fingerprint density at radius 3 is 2.64 bits per heavy atom. The lowest BCUT2D eigenvalue weighted by molar-refractivity contribution is -0.148. The van der Waals surface area contributed by atoms with Gasteiger partial charge in [-0.15, -0.1) is 0 Å². The Hall–Kier alpha value is -2.24. The topological polar surface area (TPSA) is 78.1 Å². The smallest absolute Gasteiger partial charge is 0.311 e. The summed E-state index contributed by atoms with van der Waals surface area (Å²) in [5, 5.41) is 3.92. The second-order valence-corrected chi connectivity index (χ2v) is 6.32. The summed E-state index contributed by atoms with van der Waals surface area (Å²) < 4.78 is 10.5. The number of carbonyl (C=O) groups is 1. The summed E-state index contributed by atoms with van der Waals surface area (Å²) in [6.07, 6.45) is 1.26. The Bertz CT molecular complexity index is 641. The van der Waals surface area contributed by atoms with Crippen molar-refractivity contribution in [1.82, 2.24) is 15.1 Å². The van der Waals surface area contributed by atoms with Crippen LogP contribution >= 0.6 is 0 Å². The first-order valence-corrected chi connectivity index (χ1v) is 7.21. The molecular weight excluding hydrogens is 282 g/mol. The number of hydrogen-bond donors (Lipinski definition) is 0. The van der Waals surface area contributed by atoms with E-state index in [1.165, 1.54) is 0 Å². The maximum absolute atomic E-state index is 11.9. The van der Waals surface area contributed by atoms with Crippen LogP contribution in [0.5, 0.6) is 0 Å². The zero-order chi connectivity index (χ0) is 16.3. The maximum Gasteiger partial charge on any atom is 0.311 e. The van der Waals surface area contributed by atoms with Gasteiger partial charge in [-0.05, 0) is 25.5 Å². The van der Waals surface area contributed by atoms with Gasteiger partial charge in [-0.25, -0.2) is 0 Å². The summed E-state index contributed by atoms with van der Waals surface area (Å²) in [5.74, 6) is 0.544. The minimum Gasteiger partial charge on any atom is -0.452 e. The number of nitrogens with zero attached hydrogens (tertiary/aromatic N) is 3. The Balaban J connectivity index is 1.96. The van der Waals surface area contributed by atoms with Gasteiger partial charge in [0.15, 0.2) is 11.9 Å². The van der Waals surface area contributed by atoms with Gasteiger partial charge in [-0.3, -0.25) is 9.78 Å². The van der Waals surface area contributed by atoms with E-state index in [9.17, 15) is 4.79 Å². The fourth-order valence-corrected chi connectivity index (χ4v) is 1.76. The van der Waals surface area contributed by atoms with Crippen LogP contribution in [-0.4, -0.2) is 21.1 Å². The number of aromatic nitrogens is 3. The molecule has 0 saturated heterocycles. The van der Waals surface area contributed by atoms with Crippen molar-refractivity contribution in [2.24, 2.45) is 0 Å². The largest absolute Gasteiger partial charge is 0.452 e. The summed E-state index contributed by atoms with van der Waals surface area (Å²) in [6.45, 7) is 9.58. The Labute approximate surface area is 129 Å². The molecule has 1 unspecified atom stereocenters. The lowest BCUT2D eigenvalue weighted by Gasteiger charge is -2.11. The zero-order valence-electron chi connectivity index (χ0n) is 13.6. The summed E-state index contributed by atoms with van der Waals surface area (Å²) in [6, 6.07) is 3.72. The number of aryl methyl sites for hydroxylation is 1. The van der Waals surface area contributed by atoms with Crippen molar-refractivity contribution in [2.75, 3.05) is 0 Å². The standard InChI is InChI=1S/C16H21N3O3/c1-10-6-7-12(9-17-10)8-13(20)21-11(2)14-18-15(19-22-14)16(3,4)5/h6-7,9,11H,8H2,1-5H3. The van der Waals surface area contributed by atoms with Crippen molar-refractivity contribution in [1.29, 1.82) is 0 Å². The molecule has 2 rings (SSSR count). The fourth-order valence-electron chi connectivity index (χ4n) is 1.76. The van der Waals surface area contributed by atoms with E-state index in [1.54, 1.807) is 13.1 Å². The van der Waals surface area contributed by atoms with Crippen LogP contribution in [0, 0.1) is 6.92 Å². The third-order valence-corrected chi connectivity index (χ3v) is 3.09. The molecule has 2 aromatic rings. The Morgan fingerprint density at radius 1 is 1.36 bits per heavy atom. The monoisotopic (exact) mass is 303 g/mol. The van der Waals surface area contributed by atoms with E-state index in [-0.39, 0.29) is 17.8 Å². The SMILES string of the molecule is Cc1ccc(CC(=O)OC(C)c2nc(C(C)(C)C)no2)cn1. The van der Waals surface area contributed by atoms with E-state index in [2.05, 4.69) is 15.1 Å². The van der Waals surface area contributed by atoms with Gasteiger partial charge in [-0.1, -0.05) is 32.0 Å². The number of rotatable bonds is 4. The van der Waals surface area contributed by atoms with E-state index in [1.807, 2.05) is 39.8 Å². The molecule has 0 aromatic carbocycles. The zero-order valence-corrected chi connectivity index (χ0v) is 13.6. The van der Waals surface area contributed by atoms with Crippen molar-refractivity contribution < 1.29 is 14.1 Å². The van der Waals surface area contributed by atoms with Crippen LogP contribution < -0.4 is 0 Å². The van der Waals surface area contributed by atoms with Gasteiger partial charge in [-0.2, -0.15) is 4.98 Å². The summed E-state index contributed by atoms with van der Waals surface area (Å²) in [4.78, 5) is 20.4. The second kappa shape index (κ2) is 6.25. The average molecular weight is 303 g/mol. The molecule has 2 aromatic heterocycles. The molecule has 6 nitrogen and oxygen atoms in total. The van der Waals surface area contributed by atoms with Crippen LogP contribution in [-0.2, 0) is 21.4 Å². The van der Waals surface area contributed by atoms with Crippen LogP contribution in [0.4, 0.5) is 0 Å². The van der Waals surface area contributed by atoms with E-state index in [0.29, 0.717) is 11.7 Å². The average Bonchev–Trinajstić information content (AvgIpc) is 2.91. The number of pyridine rings is 1. The molecule has 22 heavy (non-hydrogen) atoms. The highest BCUT2D eigenvalue weighted by Gasteiger charge is 2.24. The van der Waals surface area contributed by atoms with Crippen LogP contribution in [0.15, 0.2) is 22.9 Å². The number of ether oxygens (including phenoxy) is 1. The lowest BCUT2D eigenvalue weighted by Crippen LogP contribution is -2.14. The predicted octanol–water partition coefficient (Wildman–Crippen LogP) is 2.92. The van der Waals surface area contributed by atoms with E-state index < -0.39 is 6.10 Å². The third kappa shape index (κ3) is 4.13. The van der Waals surface area contributed by atoms with Gasteiger partial charge in [0, 0.05) is 17.3 Å². The van der Waals surface area contributed by atoms with E-state index in [0.717, 1.165) is 11.3 Å². The minimum absolute atomic E-state index is 0.165. The van der Waals surface area contributed by atoms with Crippen molar-refractivity contribution in [2.45, 2.75) is 52.6 Å². The minimum atomic E-state index is -0.575. The fraction of sp³-hybridized carbons (Fsp3) is 0.500. The molecule has 0 amide bonds. The van der Waals surface area contributed by atoms with Crippen molar-refractivity contribution in [3.8, 4) is 0 Å². The van der Waals surface area contributed by atoms with Crippen LogP contribution in [0.25, 0.3) is 0 Å². The number of esters is 1. The van der Waals surface area contributed by atoms with Crippen molar-refractivity contribution >= 4 is 5.97 Å². The molecule has 0 aliphatic carbocycles. The summed E-state index contributed by atoms with van der Waals surface area (Å²) in [7, 11) is 0. The van der Waals surface area contributed by atoms with Crippen molar-refractivity contribution in [3.63, 3.8) is 0 Å². The molecule has 6 heteroatoms. The first-order chi connectivity index (χ1) is 10.3. The highest BCUT2D eigenvalue weighted by molar-refractivity contribution is 5.72. The Morgan fingerprint density at radius 2 is 2.09 bits per heavy atom. The summed E-state index contributed by atoms with van der Waals surface area (Å²) >= 11 is 0. The predicted molar refractivity (Wildman–Crippen MR) is 80.2 cm³/mol. The molecule has 0 N–H and O–H groups in total. The van der Waals surface area contributed by atoms with Gasteiger partial charge in [0.1, 0.15) is 0 Å².